The van der Waals surface area contributed by atoms with Crippen LogP contribution in [-0.4, -0.2) is 47.0 Å². The monoisotopic (exact) mass is 418 g/mol. The minimum absolute atomic E-state index is 0.135. The van der Waals surface area contributed by atoms with Crippen LogP contribution < -0.4 is 19.5 Å². The van der Waals surface area contributed by atoms with Crippen LogP contribution in [0.4, 0.5) is 0 Å². The van der Waals surface area contributed by atoms with E-state index >= 15 is 0 Å². The van der Waals surface area contributed by atoms with E-state index < -0.39 is 10.0 Å². The van der Waals surface area contributed by atoms with E-state index in [-0.39, 0.29) is 30.9 Å². The normalized spacial score (nSPS) is 18.7. The maximum Gasteiger partial charge on any atom is 0.211 e. The number of hydrogen-bond donors (Lipinski definition) is 2. The second-order valence-corrected chi connectivity index (χ2v) is 9.19. The van der Waals surface area contributed by atoms with Gasteiger partial charge in [-0.05, 0) is 43.7 Å². The first-order chi connectivity index (χ1) is 14.0. The number of hydrogen-bond acceptors (Lipinski definition) is 5. The molecule has 2 N–H and O–H groups in total. The fraction of sp³-hybridized carbons (Fsp3) is 0.455. The Hall–Kier alpha value is -2.09. The highest BCUT2D eigenvalue weighted by molar-refractivity contribution is 7.89. The highest BCUT2D eigenvalue weighted by Crippen LogP contribution is 2.38. The molecule has 1 aliphatic rings. The van der Waals surface area contributed by atoms with Gasteiger partial charge in [-0.15, -0.1) is 0 Å². The third-order valence-corrected chi connectivity index (χ3v) is 6.71. The van der Waals surface area contributed by atoms with E-state index in [1.54, 1.807) is 0 Å². The molecule has 0 radical (unpaired) electrons. The molecule has 1 unspecified atom stereocenters. The summed E-state index contributed by atoms with van der Waals surface area (Å²) >= 11 is 0. The van der Waals surface area contributed by atoms with Crippen LogP contribution in [0.15, 0.2) is 48.5 Å². The fourth-order valence-corrected chi connectivity index (χ4v) is 4.74. The van der Waals surface area contributed by atoms with Gasteiger partial charge in [-0.3, -0.25) is 0 Å². The first-order valence-electron chi connectivity index (χ1n) is 10.1. The topological polar surface area (TPSA) is 76.7 Å². The second kappa shape index (κ2) is 10.1. The largest absolute Gasteiger partial charge is 0.492 e. The Bertz CT molecular complexity index is 887. The summed E-state index contributed by atoms with van der Waals surface area (Å²) in [7, 11) is -1.25. The van der Waals surface area contributed by atoms with Gasteiger partial charge in [0.15, 0.2) is 0 Å². The van der Waals surface area contributed by atoms with Crippen LogP contribution in [0, 0.1) is 0 Å². The molecule has 0 saturated carbocycles. The molecule has 2 aromatic carbocycles. The molecule has 0 saturated heterocycles. The molecule has 0 amide bonds. The van der Waals surface area contributed by atoms with Crippen molar-refractivity contribution in [3.8, 4) is 11.5 Å². The molecule has 0 fully saturated rings. The molecule has 1 heterocycles. The third-order valence-electron chi connectivity index (χ3n) is 5.12. The van der Waals surface area contributed by atoms with Crippen LogP contribution in [0.1, 0.15) is 30.4 Å². The zero-order valence-corrected chi connectivity index (χ0v) is 17.9. The van der Waals surface area contributed by atoms with E-state index in [1.165, 1.54) is 5.56 Å². The molecule has 7 heteroatoms. The Morgan fingerprint density at radius 1 is 1.17 bits per heavy atom. The summed E-state index contributed by atoms with van der Waals surface area (Å²) in [6, 6.07) is 16.5. The van der Waals surface area contributed by atoms with E-state index in [9.17, 15) is 8.42 Å². The number of likely N-dealkylation sites (N-methyl/N-ethyl adjacent to an activating group) is 1. The molecule has 1 aliphatic heterocycles. The lowest BCUT2D eigenvalue weighted by Crippen LogP contribution is -2.41. The standard InChI is InChI=1S/C22H30N2O4S/c1-3-13-29(25,26)24-11-12-27-18-9-10-22-20(15-18)19(21(23-2)16-28-22)14-17-7-5-4-6-8-17/h4-10,15,19,21,23-24H,3,11-14,16H2,1-2H3/t19?,21-/m1/s1. The summed E-state index contributed by atoms with van der Waals surface area (Å²) in [6.07, 6.45) is 1.50. The highest BCUT2D eigenvalue weighted by Gasteiger charge is 2.30. The van der Waals surface area contributed by atoms with Gasteiger partial charge in [0.2, 0.25) is 10.0 Å². The Labute approximate surface area is 173 Å². The molecule has 0 aliphatic carbocycles. The van der Waals surface area contributed by atoms with E-state index in [1.807, 2.05) is 38.2 Å². The van der Waals surface area contributed by atoms with Crippen LogP contribution in [0.2, 0.25) is 0 Å². The summed E-state index contributed by atoms with van der Waals surface area (Å²) < 4.78 is 37.8. The first kappa shape index (κ1) is 21.6. The molecule has 2 atom stereocenters. The highest BCUT2D eigenvalue weighted by atomic mass is 32.2. The molecule has 158 valence electrons. The average Bonchev–Trinajstić information content (AvgIpc) is 2.72. The quantitative estimate of drug-likeness (QED) is 0.580. The molecule has 0 aromatic heterocycles. The molecule has 2 aromatic rings. The lowest BCUT2D eigenvalue weighted by molar-refractivity contribution is 0.217. The number of benzene rings is 2. The molecule has 3 rings (SSSR count). The maximum absolute atomic E-state index is 11.7. The molecule has 0 spiro atoms. The van der Waals surface area contributed by atoms with Crippen LogP contribution in [0.25, 0.3) is 0 Å². The Morgan fingerprint density at radius 3 is 2.69 bits per heavy atom. The summed E-state index contributed by atoms with van der Waals surface area (Å²) in [6.45, 7) is 3.00. The minimum Gasteiger partial charge on any atom is -0.492 e. The number of fused-ring (bicyclic) bond motifs is 1. The first-order valence-corrected chi connectivity index (χ1v) is 11.8. The van der Waals surface area contributed by atoms with Crippen molar-refractivity contribution in [1.29, 1.82) is 0 Å². The molecule has 6 nitrogen and oxygen atoms in total. The van der Waals surface area contributed by atoms with E-state index in [0.29, 0.717) is 13.0 Å². The molecule has 29 heavy (non-hydrogen) atoms. The Kier molecular flexibility index (Phi) is 7.52. The van der Waals surface area contributed by atoms with E-state index in [4.69, 9.17) is 9.47 Å². The van der Waals surface area contributed by atoms with Crippen molar-refractivity contribution in [3.63, 3.8) is 0 Å². The van der Waals surface area contributed by atoms with E-state index in [0.717, 1.165) is 23.5 Å². The fourth-order valence-electron chi connectivity index (χ4n) is 3.66. The van der Waals surface area contributed by atoms with Gasteiger partial charge < -0.3 is 14.8 Å². The van der Waals surface area contributed by atoms with E-state index in [2.05, 4.69) is 34.3 Å². The number of rotatable bonds is 10. The molecular formula is C22H30N2O4S. The van der Waals surface area contributed by atoms with Gasteiger partial charge in [0.25, 0.3) is 0 Å². The van der Waals surface area contributed by atoms with Gasteiger partial charge in [0.05, 0.1) is 5.75 Å². The van der Waals surface area contributed by atoms with Gasteiger partial charge in [0, 0.05) is 24.1 Å². The van der Waals surface area contributed by atoms with Crippen molar-refractivity contribution < 1.29 is 17.9 Å². The SMILES string of the molecule is CCCS(=O)(=O)NCCOc1ccc2c(c1)C(Cc1ccccc1)[C@H](NC)CO2. The molecule has 0 bridgehead atoms. The number of ether oxygens (including phenoxy) is 2. The lowest BCUT2D eigenvalue weighted by Gasteiger charge is -2.34. The average molecular weight is 419 g/mol. The van der Waals surface area contributed by atoms with Gasteiger partial charge in [-0.1, -0.05) is 37.3 Å². The Morgan fingerprint density at radius 2 is 1.97 bits per heavy atom. The van der Waals surface area contributed by atoms with Gasteiger partial charge >= 0.3 is 0 Å². The number of sulfonamides is 1. The summed E-state index contributed by atoms with van der Waals surface area (Å²) in [4.78, 5) is 0. The van der Waals surface area contributed by atoms with Crippen LogP contribution in [-0.2, 0) is 16.4 Å². The number of nitrogens with one attached hydrogen (secondary N) is 2. The van der Waals surface area contributed by atoms with Gasteiger partial charge in [-0.2, -0.15) is 0 Å². The predicted octanol–water partition coefficient (Wildman–Crippen LogP) is 2.70. The van der Waals surface area contributed by atoms with Crippen molar-refractivity contribution in [1.82, 2.24) is 10.0 Å². The smallest absolute Gasteiger partial charge is 0.211 e. The Balaban J connectivity index is 1.69. The van der Waals surface area contributed by atoms with Crippen LogP contribution in [0.5, 0.6) is 11.5 Å². The van der Waals surface area contributed by atoms with Crippen LogP contribution in [0.3, 0.4) is 0 Å². The minimum atomic E-state index is -3.21. The summed E-state index contributed by atoms with van der Waals surface area (Å²) in [5, 5.41) is 3.37. The van der Waals surface area contributed by atoms with Crippen molar-refractivity contribution in [2.24, 2.45) is 0 Å². The van der Waals surface area contributed by atoms with Gasteiger partial charge in [0.1, 0.15) is 24.7 Å². The van der Waals surface area contributed by atoms with Crippen molar-refractivity contribution in [2.45, 2.75) is 31.7 Å². The van der Waals surface area contributed by atoms with Crippen molar-refractivity contribution in [3.05, 3.63) is 59.7 Å². The van der Waals surface area contributed by atoms with Crippen LogP contribution >= 0.6 is 0 Å². The molecular weight excluding hydrogens is 388 g/mol. The van der Waals surface area contributed by atoms with Gasteiger partial charge in [-0.25, -0.2) is 13.1 Å². The predicted molar refractivity (Wildman–Crippen MR) is 115 cm³/mol. The maximum atomic E-state index is 11.7. The third kappa shape index (κ3) is 5.95. The summed E-state index contributed by atoms with van der Waals surface area (Å²) in [5.41, 5.74) is 2.39. The van der Waals surface area contributed by atoms with Crippen molar-refractivity contribution >= 4 is 10.0 Å². The lowest BCUT2D eigenvalue weighted by atomic mass is 9.84. The zero-order chi connectivity index (χ0) is 20.7. The van der Waals surface area contributed by atoms with Crippen molar-refractivity contribution in [2.75, 3.05) is 32.6 Å². The second-order valence-electron chi connectivity index (χ2n) is 7.26. The summed E-state index contributed by atoms with van der Waals surface area (Å²) in [5.74, 6) is 2.00. The zero-order valence-electron chi connectivity index (χ0n) is 17.1.